The third kappa shape index (κ3) is 10.7. The maximum absolute atomic E-state index is 7.78. The van der Waals surface area contributed by atoms with Gasteiger partial charge in [-0.2, -0.15) is 5.26 Å². The second-order valence-corrected chi connectivity index (χ2v) is 0.736. The zero-order valence-corrected chi connectivity index (χ0v) is 6.31. The number of nitriles is 1. The predicted molar refractivity (Wildman–Crippen MR) is 23.9 cm³/mol. The van der Waals surface area contributed by atoms with E-state index in [1.165, 1.54) is 12.2 Å². The van der Waals surface area contributed by atoms with Gasteiger partial charge in [0.05, 0.1) is 6.07 Å². The van der Waals surface area contributed by atoms with Gasteiger partial charge in [-0.25, -0.2) is 0 Å². The van der Waals surface area contributed by atoms with Crippen molar-refractivity contribution in [3.8, 4) is 6.07 Å². The van der Waals surface area contributed by atoms with Gasteiger partial charge in [0.1, 0.15) is 0 Å². The van der Waals surface area contributed by atoms with Crippen LogP contribution in [0.25, 0.3) is 5.73 Å². The molecule has 0 spiro atoms. The monoisotopic (exact) mass is 104 g/mol. The van der Waals surface area contributed by atoms with E-state index in [0.29, 0.717) is 0 Å². The van der Waals surface area contributed by atoms with Crippen molar-refractivity contribution in [2.24, 2.45) is 0 Å². The Balaban J connectivity index is 0. The SMILES string of the molecule is N#C/C=C/C[NH-].[Na+]. The standard InChI is InChI=1S/C4H5N2.Na/c5-3-1-2-4-6;/h1-2,5H,3H2;/q-1;+1/b2-1+;. The van der Waals surface area contributed by atoms with Gasteiger partial charge in [-0.15, -0.1) is 6.54 Å². The molecule has 0 saturated heterocycles. The van der Waals surface area contributed by atoms with E-state index >= 15 is 0 Å². The van der Waals surface area contributed by atoms with Crippen molar-refractivity contribution in [2.75, 3.05) is 6.54 Å². The summed E-state index contributed by atoms with van der Waals surface area (Å²) in [5, 5.41) is 7.78. The van der Waals surface area contributed by atoms with Crippen LogP contribution < -0.4 is 29.6 Å². The van der Waals surface area contributed by atoms with Gasteiger partial charge in [0.2, 0.25) is 0 Å². The van der Waals surface area contributed by atoms with Crippen LogP contribution in [-0.2, 0) is 0 Å². The Bertz CT molecular complexity index is 82.2. The van der Waals surface area contributed by atoms with E-state index in [1.807, 2.05) is 0 Å². The number of hydrogen-bond donors (Lipinski definition) is 0. The van der Waals surface area contributed by atoms with Gasteiger partial charge in [0, 0.05) is 6.08 Å². The van der Waals surface area contributed by atoms with Crippen LogP contribution in [0.2, 0.25) is 0 Å². The van der Waals surface area contributed by atoms with Crippen molar-refractivity contribution in [3.63, 3.8) is 0 Å². The van der Waals surface area contributed by atoms with Crippen LogP contribution >= 0.6 is 0 Å². The second kappa shape index (κ2) is 9.50. The minimum atomic E-state index is 0. The fourth-order valence-corrected chi connectivity index (χ4v) is 0.112. The molecule has 0 aliphatic carbocycles. The molecule has 0 aromatic heterocycles. The van der Waals surface area contributed by atoms with E-state index in [1.54, 1.807) is 6.07 Å². The van der Waals surface area contributed by atoms with Gasteiger partial charge in [-0.05, 0) is 0 Å². The number of nitrogens with zero attached hydrogens (tertiary/aromatic N) is 1. The van der Waals surface area contributed by atoms with E-state index in [0.717, 1.165) is 0 Å². The van der Waals surface area contributed by atoms with E-state index in [4.69, 9.17) is 11.0 Å². The molecule has 32 valence electrons. The molecule has 0 aromatic carbocycles. The number of rotatable bonds is 1. The Morgan fingerprint density at radius 3 is 2.43 bits per heavy atom. The van der Waals surface area contributed by atoms with Gasteiger partial charge < -0.3 is 5.73 Å². The zero-order valence-electron chi connectivity index (χ0n) is 4.31. The first kappa shape index (κ1) is 10.2. The first-order chi connectivity index (χ1) is 2.91. The average Bonchev–Trinajstić information content (AvgIpc) is 1.61. The Morgan fingerprint density at radius 2 is 2.29 bits per heavy atom. The van der Waals surface area contributed by atoms with Crippen LogP contribution in [0.1, 0.15) is 0 Å². The van der Waals surface area contributed by atoms with Crippen molar-refractivity contribution < 1.29 is 29.6 Å². The molecule has 0 amide bonds. The van der Waals surface area contributed by atoms with E-state index in [2.05, 4.69) is 0 Å². The molecule has 0 unspecified atom stereocenters. The molecule has 0 aliphatic rings. The van der Waals surface area contributed by atoms with Crippen molar-refractivity contribution in [2.45, 2.75) is 0 Å². The fraction of sp³-hybridized carbons (Fsp3) is 0.250. The summed E-state index contributed by atoms with van der Waals surface area (Å²) in [5.41, 5.74) is 6.47. The largest absolute Gasteiger partial charge is 1.00 e. The zero-order chi connectivity index (χ0) is 4.83. The molecule has 0 aromatic rings. The summed E-state index contributed by atoms with van der Waals surface area (Å²) in [6, 6.07) is 1.77. The van der Waals surface area contributed by atoms with Crippen LogP contribution in [0.15, 0.2) is 12.2 Å². The van der Waals surface area contributed by atoms with Crippen LogP contribution in [0.4, 0.5) is 0 Å². The maximum Gasteiger partial charge on any atom is 1.00 e. The predicted octanol–water partition coefficient (Wildman–Crippen LogP) is -1.88. The summed E-state index contributed by atoms with van der Waals surface area (Å²) in [4.78, 5) is 0. The normalized spacial score (nSPS) is 7.43. The van der Waals surface area contributed by atoms with Crippen LogP contribution in [0.5, 0.6) is 0 Å². The first-order valence-electron chi connectivity index (χ1n) is 1.61. The molecule has 0 fully saturated rings. The number of hydrogen-bond acceptors (Lipinski definition) is 1. The van der Waals surface area contributed by atoms with Crippen molar-refractivity contribution in [3.05, 3.63) is 17.9 Å². The van der Waals surface area contributed by atoms with E-state index in [9.17, 15) is 0 Å². The van der Waals surface area contributed by atoms with Crippen LogP contribution in [-0.4, -0.2) is 6.54 Å². The number of allylic oxidation sites excluding steroid dienone is 1. The van der Waals surface area contributed by atoms with Gasteiger partial charge >= 0.3 is 29.6 Å². The van der Waals surface area contributed by atoms with Crippen molar-refractivity contribution >= 4 is 0 Å². The summed E-state index contributed by atoms with van der Waals surface area (Å²) in [5.74, 6) is 0. The molecule has 3 heteroatoms. The van der Waals surface area contributed by atoms with E-state index < -0.39 is 0 Å². The Labute approximate surface area is 65.3 Å². The topological polar surface area (TPSA) is 47.6 Å². The fourth-order valence-electron chi connectivity index (χ4n) is 0.112. The Hall–Kier alpha value is 0.190. The molecule has 0 radical (unpaired) electrons. The maximum atomic E-state index is 7.78. The van der Waals surface area contributed by atoms with Crippen molar-refractivity contribution in [1.29, 1.82) is 5.26 Å². The Kier molecular flexibility index (Phi) is 13.9. The quantitative estimate of drug-likeness (QED) is 0.284. The molecule has 7 heavy (non-hydrogen) atoms. The minimum Gasteiger partial charge on any atom is -0.674 e. The summed E-state index contributed by atoms with van der Waals surface area (Å²) >= 11 is 0. The average molecular weight is 104 g/mol. The van der Waals surface area contributed by atoms with E-state index in [-0.39, 0.29) is 36.1 Å². The number of nitrogens with one attached hydrogen (secondary N) is 1. The third-order valence-corrected chi connectivity index (χ3v) is 0.310. The van der Waals surface area contributed by atoms with Crippen molar-refractivity contribution in [1.82, 2.24) is 0 Å². The molecular weight excluding hydrogens is 99.0 g/mol. The van der Waals surface area contributed by atoms with Crippen LogP contribution in [0, 0.1) is 11.3 Å². The van der Waals surface area contributed by atoms with Gasteiger partial charge in [0.15, 0.2) is 0 Å². The molecule has 0 aliphatic heterocycles. The molecule has 0 saturated carbocycles. The van der Waals surface area contributed by atoms with Crippen LogP contribution in [0.3, 0.4) is 0 Å². The second-order valence-electron chi connectivity index (χ2n) is 0.736. The molecule has 1 N–H and O–H groups in total. The molecule has 0 bridgehead atoms. The Morgan fingerprint density at radius 1 is 1.71 bits per heavy atom. The minimum absolute atomic E-state index is 0. The third-order valence-electron chi connectivity index (χ3n) is 0.310. The summed E-state index contributed by atoms with van der Waals surface area (Å²) in [6.07, 6.45) is 2.78. The summed E-state index contributed by atoms with van der Waals surface area (Å²) < 4.78 is 0. The smallest absolute Gasteiger partial charge is 0.674 e. The molecule has 0 atom stereocenters. The van der Waals surface area contributed by atoms with Gasteiger partial charge in [-0.1, -0.05) is 6.08 Å². The molecule has 0 rings (SSSR count). The molecular formula is C4H5N2Na. The van der Waals surface area contributed by atoms with Gasteiger partial charge in [0.25, 0.3) is 0 Å². The molecule has 0 heterocycles. The van der Waals surface area contributed by atoms with Gasteiger partial charge in [-0.3, -0.25) is 0 Å². The first-order valence-corrected chi connectivity index (χ1v) is 1.61. The molecule has 2 nitrogen and oxygen atoms in total. The summed E-state index contributed by atoms with van der Waals surface area (Å²) in [6.45, 7) is 0.202. The summed E-state index contributed by atoms with van der Waals surface area (Å²) in [7, 11) is 0.